The Kier molecular flexibility index (Phi) is 5.81. The van der Waals surface area contributed by atoms with Crippen LogP contribution in [0.15, 0.2) is 0 Å². The summed E-state index contributed by atoms with van der Waals surface area (Å²) in [5.74, 6) is 1.39. The Bertz CT molecular complexity index is 127. The van der Waals surface area contributed by atoms with Crippen LogP contribution in [0.3, 0.4) is 0 Å². The quantitative estimate of drug-likeness (QED) is 0.491. The molecule has 0 aromatic rings. The van der Waals surface area contributed by atoms with Crippen molar-refractivity contribution in [3.8, 4) is 0 Å². The highest BCUT2D eigenvalue weighted by molar-refractivity contribution is 6.18. The summed E-state index contributed by atoms with van der Waals surface area (Å²) in [5.41, 5.74) is 0. The maximum absolute atomic E-state index is 5.91. The average molecular weight is 205 g/mol. The summed E-state index contributed by atoms with van der Waals surface area (Å²) >= 11 is 5.91. The van der Waals surface area contributed by atoms with Crippen LogP contribution in [0.1, 0.15) is 45.4 Å². The van der Waals surface area contributed by atoms with Crippen molar-refractivity contribution in [1.82, 2.24) is 0 Å². The summed E-state index contributed by atoms with van der Waals surface area (Å²) in [6, 6.07) is 0. The van der Waals surface area contributed by atoms with Crippen LogP contribution in [-0.4, -0.2) is 18.6 Å². The van der Waals surface area contributed by atoms with Crippen molar-refractivity contribution >= 4 is 11.6 Å². The van der Waals surface area contributed by atoms with Crippen molar-refractivity contribution in [3.63, 3.8) is 0 Å². The van der Waals surface area contributed by atoms with Crippen molar-refractivity contribution in [3.05, 3.63) is 0 Å². The van der Waals surface area contributed by atoms with Gasteiger partial charge in [-0.15, -0.1) is 11.6 Å². The molecule has 78 valence electrons. The molecule has 0 aromatic heterocycles. The van der Waals surface area contributed by atoms with Crippen LogP contribution in [0.5, 0.6) is 0 Å². The lowest BCUT2D eigenvalue weighted by atomic mass is 9.92. The number of hydrogen-bond acceptors (Lipinski definition) is 1. The molecule has 0 saturated carbocycles. The van der Waals surface area contributed by atoms with E-state index >= 15 is 0 Å². The van der Waals surface area contributed by atoms with Gasteiger partial charge >= 0.3 is 0 Å². The van der Waals surface area contributed by atoms with Crippen LogP contribution in [0, 0.1) is 5.92 Å². The van der Waals surface area contributed by atoms with Crippen molar-refractivity contribution in [2.24, 2.45) is 5.92 Å². The molecule has 0 amide bonds. The van der Waals surface area contributed by atoms with E-state index in [2.05, 4.69) is 6.92 Å². The molecular formula is C11H21ClO. The molecule has 1 rings (SSSR count). The molecule has 13 heavy (non-hydrogen) atoms. The predicted octanol–water partition coefficient (Wildman–Crippen LogP) is 3.60. The fourth-order valence-corrected chi connectivity index (χ4v) is 2.35. The Labute approximate surface area is 86.8 Å². The Hall–Kier alpha value is 0.250. The van der Waals surface area contributed by atoms with Gasteiger partial charge in [0.15, 0.2) is 0 Å². The average Bonchev–Trinajstić information content (AvgIpc) is 2.19. The van der Waals surface area contributed by atoms with Gasteiger partial charge in [0, 0.05) is 12.5 Å². The first-order chi connectivity index (χ1) is 6.38. The molecule has 1 aliphatic heterocycles. The second-order valence-electron chi connectivity index (χ2n) is 3.96. The van der Waals surface area contributed by atoms with E-state index in [4.69, 9.17) is 16.3 Å². The standard InChI is InChI=1S/C11H21ClO/c1-2-3-4-7-11-10(9-12)6-5-8-13-11/h10-11H,2-9H2,1H3. The van der Waals surface area contributed by atoms with Crippen LogP contribution in [0.25, 0.3) is 0 Å². The van der Waals surface area contributed by atoms with Crippen LogP contribution in [0.4, 0.5) is 0 Å². The smallest absolute Gasteiger partial charge is 0.0614 e. The Morgan fingerprint density at radius 3 is 2.92 bits per heavy atom. The first-order valence-corrected chi connectivity index (χ1v) is 6.09. The van der Waals surface area contributed by atoms with Gasteiger partial charge in [-0.25, -0.2) is 0 Å². The third-order valence-corrected chi connectivity index (χ3v) is 3.26. The van der Waals surface area contributed by atoms with E-state index in [0.717, 1.165) is 12.5 Å². The lowest BCUT2D eigenvalue weighted by Gasteiger charge is -2.30. The molecule has 2 heteroatoms. The van der Waals surface area contributed by atoms with E-state index in [1.54, 1.807) is 0 Å². The molecule has 1 heterocycles. The van der Waals surface area contributed by atoms with E-state index in [-0.39, 0.29) is 0 Å². The minimum atomic E-state index is 0.456. The van der Waals surface area contributed by atoms with Gasteiger partial charge in [-0.05, 0) is 25.2 Å². The van der Waals surface area contributed by atoms with Crippen LogP contribution in [-0.2, 0) is 4.74 Å². The van der Waals surface area contributed by atoms with Gasteiger partial charge in [0.05, 0.1) is 6.10 Å². The molecule has 1 fully saturated rings. The van der Waals surface area contributed by atoms with Crippen molar-refractivity contribution < 1.29 is 4.74 Å². The highest BCUT2D eigenvalue weighted by atomic mass is 35.5. The molecule has 1 aliphatic rings. The summed E-state index contributed by atoms with van der Waals surface area (Å²) in [5, 5.41) is 0. The minimum absolute atomic E-state index is 0.456. The fourth-order valence-electron chi connectivity index (χ4n) is 1.99. The van der Waals surface area contributed by atoms with Gasteiger partial charge in [0.2, 0.25) is 0 Å². The molecule has 2 unspecified atom stereocenters. The zero-order valence-corrected chi connectivity index (χ0v) is 9.35. The van der Waals surface area contributed by atoms with Crippen molar-refractivity contribution in [1.29, 1.82) is 0 Å². The highest BCUT2D eigenvalue weighted by Gasteiger charge is 2.24. The van der Waals surface area contributed by atoms with Crippen LogP contribution in [0.2, 0.25) is 0 Å². The molecule has 0 aromatic carbocycles. The lowest BCUT2D eigenvalue weighted by Crippen LogP contribution is -2.30. The first-order valence-electron chi connectivity index (χ1n) is 5.56. The zero-order valence-electron chi connectivity index (χ0n) is 8.60. The Morgan fingerprint density at radius 2 is 2.23 bits per heavy atom. The second kappa shape index (κ2) is 6.67. The van der Waals surface area contributed by atoms with Gasteiger partial charge in [0.1, 0.15) is 0 Å². The molecule has 0 radical (unpaired) electrons. The third-order valence-electron chi connectivity index (χ3n) is 2.87. The van der Waals surface area contributed by atoms with Gasteiger partial charge < -0.3 is 4.74 Å². The summed E-state index contributed by atoms with van der Waals surface area (Å²) in [7, 11) is 0. The molecule has 1 saturated heterocycles. The van der Waals surface area contributed by atoms with Crippen molar-refractivity contribution in [2.75, 3.05) is 12.5 Å². The highest BCUT2D eigenvalue weighted by Crippen LogP contribution is 2.25. The van der Waals surface area contributed by atoms with Gasteiger partial charge in [-0.1, -0.05) is 26.2 Å². The molecule has 1 nitrogen and oxygen atoms in total. The fraction of sp³-hybridized carbons (Fsp3) is 1.00. The number of rotatable bonds is 5. The molecular weight excluding hydrogens is 184 g/mol. The zero-order chi connectivity index (χ0) is 9.52. The summed E-state index contributed by atoms with van der Waals surface area (Å²) in [6.45, 7) is 3.19. The number of ether oxygens (including phenoxy) is 1. The van der Waals surface area contributed by atoms with Gasteiger partial charge in [-0.2, -0.15) is 0 Å². The SMILES string of the molecule is CCCCCC1OCCCC1CCl. The maximum atomic E-state index is 5.91. The topological polar surface area (TPSA) is 9.23 Å². The Balaban J connectivity index is 2.19. The van der Waals surface area contributed by atoms with Gasteiger partial charge in [-0.3, -0.25) is 0 Å². The normalized spacial score (nSPS) is 29.1. The predicted molar refractivity (Wildman–Crippen MR) is 57.3 cm³/mol. The summed E-state index contributed by atoms with van der Waals surface area (Å²) in [4.78, 5) is 0. The molecule has 0 bridgehead atoms. The molecule has 0 N–H and O–H groups in total. The van der Waals surface area contributed by atoms with E-state index in [0.29, 0.717) is 12.0 Å². The number of unbranched alkanes of at least 4 members (excludes halogenated alkanes) is 2. The first kappa shape index (κ1) is 11.3. The maximum Gasteiger partial charge on any atom is 0.0614 e. The number of hydrogen-bond donors (Lipinski definition) is 0. The largest absolute Gasteiger partial charge is 0.378 e. The molecule has 0 spiro atoms. The second-order valence-corrected chi connectivity index (χ2v) is 4.27. The lowest BCUT2D eigenvalue weighted by molar-refractivity contribution is -0.0246. The van der Waals surface area contributed by atoms with Crippen molar-refractivity contribution in [2.45, 2.75) is 51.6 Å². The number of alkyl halides is 1. The summed E-state index contributed by atoms with van der Waals surface area (Å²) in [6.07, 6.45) is 8.05. The van der Waals surface area contributed by atoms with E-state index in [9.17, 15) is 0 Å². The minimum Gasteiger partial charge on any atom is -0.378 e. The van der Waals surface area contributed by atoms with Crippen LogP contribution >= 0.6 is 11.6 Å². The van der Waals surface area contributed by atoms with Crippen LogP contribution < -0.4 is 0 Å². The number of halogens is 1. The molecule has 0 aliphatic carbocycles. The summed E-state index contributed by atoms with van der Waals surface area (Å²) < 4.78 is 5.74. The van der Waals surface area contributed by atoms with E-state index < -0.39 is 0 Å². The molecule has 2 atom stereocenters. The Morgan fingerprint density at radius 1 is 1.38 bits per heavy atom. The van der Waals surface area contributed by atoms with E-state index in [1.807, 2.05) is 0 Å². The monoisotopic (exact) mass is 204 g/mol. The van der Waals surface area contributed by atoms with Gasteiger partial charge in [0.25, 0.3) is 0 Å². The third kappa shape index (κ3) is 3.86. The van der Waals surface area contributed by atoms with E-state index in [1.165, 1.54) is 38.5 Å².